The van der Waals surface area contributed by atoms with Crippen LogP contribution in [0.15, 0.2) is 46.9 Å². The average molecular weight is 502 g/mol. The molecule has 164 valence electrons. The Morgan fingerprint density at radius 1 is 1.13 bits per heavy atom. The summed E-state index contributed by atoms with van der Waals surface area (Å²) in [5.41, 5.74) is -3.22. The molecule has 0 aromatic heterocycles. The third kappa shape index (κ3) is 4.48. The number of anilines is 1. The summed E-state index contributed by atoms with van der Waals surface area (Å²) < 4.78 is 53.1. The van der Waals surface area contributed by atoms with Crippen LogP contribution < -0.4 is 5.32 Å². The van der Waals surface area contributed by atoms with E-state index >= 15 is 0 Å². The number of carboxylic acids is 1. The fourth-order valence-electron chi connectivity index (χ4n) is 3.82. The van der Waals surface area contributed by atoms with Crippen LogP contribution in [0.2, 0.25) is 0 Å². The van der Waals surface area contributed by atoms with Crippen molar-refractivity contribution < 1.29 is 37.1 Å². The van der Waals surface area contributed by atoms with Gasteiger partial charge in [-0.3, -0.25) is 14.4 Å². The standard InChI is InChI=1S/C21H16BrF4NO4/c22-13-4-1-11(2-5-13)20(19(30)31)8-7-14(28)10-15(20)18(29)27-17-6-3-12(9-16(17)23)21(24,25)26/h1-6,9,15H,7-8,10H2,(H,27,29)(H,30,31). The Labute approximate surface area is 182 Å². The molecule has 1 saturated carbocycles. The number of hydrogen-bond donors (Lipinski definition) is 2. The van der Waals surface area contributed by atoms with Crippen molar-refractivity contribution in [3.8, 4) is 0 Å². The van der Waals surface area contributed by atoms with Gasteiger partial charge in [-0.2, -0.15) is 13.2 Å². The van der Waals surface area contributed by atoms with E-state index in [2.05, 4.69) is 21.2 Å². The Hall–Kier alpha value is -2.75. The van der Waals surface area contributed by atoms with Crippen molar-refractivity contribution in [2.24, 2.45) is 5.92 Å². The highest BCUT2D eigenvalue weighted by Crippen LogP contribution is 2.44. The zero-order valence-electron chi connectivity index (χ0n) is 15.8. The summed E-state index contributed by atoms with van der Waals surface area (Å²) in [5.74, 6) is -5.32. The summed E-state index contributed by atoms with van der Waals surface area (Å²) in [7, 11) is 0. The molecule has 0 aliphatic heterocycles. The summed E-state index contributed by atoms with van der Waals surface area (Å²) in [5, 5.41) is 12.2. The molecular formula is C21H16BrF4NO4. The molecule has 31 heavy (non-hydrogen) atoms. The Bertz CT molecular complexity index is 1040. The summed E-state index contributed by atoms with van der Waals surface area (Å²) >= 11 is 3.25. The molecule has 0 heterocycles. The van der Waals surface area contributed by atoms with E-state index in [9.17, 15) is 37.1 Å². The monoisotopic (exact) mass is 501 g/mol. The normalized spacial score (nSPS) is 21.6. The minimum absolute atomic E-state index is 0.0548. The number of carboxylic acid groups (broad SMARTS) is 1. The lowest BCUT2D eigenvalue weighted by Gasteiger charge is -2.39. The Morgan fingerprint density at radius 2 is 1.77 bits per heavy atom. The predicted octanol–water partition coefficient (Wildman–Crippen LogP) is 4.94. The number of Topliss-reactive ketones (excluding diaryl/α,β-unsaturated/α-hetero) is 1. The maximum Gasteiger partial charge on any atom is 0.416 e. The van der Waals surface area contributed by atoms with Crippen LogP contribution in [0.1, 0.15) is 30.4 Å². The van der Waals surface area contributed by atoms with E-state index in [0.717, 1.165) is 6.07 Å². The largest absolute Gasteiger partial charge is 0.481 e. The molecular weight excluding hydrogens is 486 g/mol. The number of amides is 1. The third-order valence-electron chi connectivity index (χ3n) is 5.44. The number of aliphatic carboxylic acids is 1. The van der Waals surface area contributed by atoms with Crippen molar-refractivity contribution in [2.75, 3.05) is 5.32 Å². The second kappa shape index (κ2) is 8.41. The van der Waals surface area contributed by atoms with Gasteiger partial charge in [0.25, 0.3) is 0 Å². The minimum Gasteiger partial charge on any atom is -0.481 e. The van der Waals surface area contributed by atoms with Gasteiger partial charge in [0, 0.05) is 17.3 Å². The molecule has 2 unspecified atom stereocenters. The number of halogens is 5. The highest BCUT2D eigenvalue weighted by molar-refractivity contribution is 9.10. The van der Waals surface area contributed by atoms with E-state index in [1.807, 2.05) is 0 Å². The quantitative estimate of drug-likeness (QED) is 0.581. The van der Waals surface area contributed by atoms with E-state index in [4.69, 9.17) is 0 Å². The highest BCUT2D eigenvalue weighted by atomic mass is 79.9. The van der Waals surface area contributed by atoms with Crippen molar-refractivity contribution in [3.63, 3.8) is 0 Å². The molecule has 2 aromatic rings. The Kier molecular flexibility index (Phi) is 6.22. The fraction of sp³-hybridized carbons (Fsp3) is 0.286. The zero-order chi connectivity index (χ0) is 23.0. The third-order valence-corrected chi connectivity index (χ3v) is 5.97. The summed E-state index contributed by atoms with van der Waals surface area (Å²) in [6.07, 6.45) is -5.35. The van der Waals surface area contributed by atoms with Crippen LogP contribution in [0.25, 0.3) is 0 Å². The van der Waals surface area contributed by atoms with Gasteiger partial charge in [0.2, 0.25) is 5.91 Å². The SMILES string of the molecule is O=C1CCC(C(=O)O)(c2ccc(Br)cc2)C(C(=O)Nc2ccc(C(F)(F)F)cc2F)C1. The van der Waals surface area contributed by atoms with Crippen LogP contribution in [0.4, 0.5) is 23.2 Å². The van der Waals surface area contributed by atoms with Gasteiger partial charge in [-0.15, -0.1) is 0 Å². The van der Waals surface area contributed by atoms with E-state index in [0.29, 0.717) is 16.1 Å². The van der Waals surface area contributed by atoms with Gasteiger partial charge < -0.3 is 10.4 Å². The molecule has 5 nitrogen and oxygen atoms in total. The average Bonchev–Trinajstić information content (AvgIpc) is 2.69. The van der Waals surface area contributed by atoms with Crippen LogP contribution >= 0.6 is 15.9 Å². The van der Waals surface area contributed by atoms with Gasteiger partial charge >= 0.3 is 12.1 Å². The van der Waals surface area contributed by atoms with Crippen LogP contribution in [-0.4, -0.2) is 22.8 Å². The van der Waals surface area contributed by atoms with Crippen molar-refractivity contribution >= 4 is 39.3 Å². The maximum absolute atomic E-state index is 14.2. The molecule has 0 saturated heterocycles. The van der Waals surface area contributed by atoms with Crippen LogP contribution in [-0.2, 0) is 26.0 Å². The minimum atomic E-state index is -4.76. The molecule has 1 aliphatic rings. The lowest BCUT2D eigenvalue weighted by Crippen LogP contribution is -2.51. The highest BCUT2D eigenvalue weighted by Gasteiger charge is 2.53. The summed E-state index contributed by atoms with van der Waals surface area (Å²) in [6, 6.07) is 7.83. The molecule has 1 aliphatic carbocycles. The lowest BCUT2D eigenvalue weighted by molar-refractivity contribution is -0.152. The number of alkyl halides is 3. The number of carbonyl (C=O) groups excluding carboxylic acids is 2. The number of rotatable bonds is 4. The first-order valence-electron chi connectivity index (χ1n) is 9.14. The van der Waals surface area contributed by atoms with Crippen LogP contribution in [0, 0.1) is 11.7 Å². The van der Waals surface area contributed by atoms with Crippen LogP contribution in [0.3, 0.4) is 0 Å². The fourth-order valence-corrected chi connectivity index (χ4v) is 4.08. The smallest absolute Gasteiger partial charge is 0.416 e. The van der Waals surface area contributed by atoms with Gasteiger partial charge in [-0.05, 0) is 42.3 Å². The van der Waals surface area contributed by atoms with E-state index in [1.54, 1.807) is 12.1 Å². The zero-order valence-corrected chi connectivity index (χ0v) is 17.4. The number of ketones is 1. The topological polar surface area (TPSA) is 83.5 Å². The van der Waals surface area contributed by atoms with Crippen molar-refractivity contribution in [1.29, 1.82) is 0 Å². The first-order valence-corrected chi connectivity index (χ1v) is 9.93. The van der Waals surface area contributed by atoms with Gasteiger partial charge in [-0.25, -0.2) is 4.39 Å². The number of carbonyl (C=O) groups is 3. The van der Waals surface area contributed by atoms with Gasteiger partial charge in [-0.1, -0.05) is 28.1 Å². The van der Waals surface area contributed by atoms with Crippen molar-refractivity contribution in [2.45, 2.75) is 30.9 Å². The number of hydrogen-bond acceptors (Lipinski definition) is 3. The van der Waals surface area contributed by atoms with Gasteiger partial charge in [0.05, 0.1) is 17.2 Å². The molecule has 3 rings (SSSR count). The van der Waals surface area contributed by atoms with Gasteiger partial charge in [0.1, 0.15) is 17.0 Å². The Balaban J connectivity index is 1.99. The van der Waals surface area contributed by atoms with Crippen molar-refractivity contribution in [1.82, 2.24) is 0 Å². The number of nitrogens with one attached hydrogen (secondary N) is 1. The molecule has 0 radical (unpaired) electrons. The van der Waals surface area contributed by atoms with E-state index < -0.39 is 52.9 Å². The van der Waals surface area contributed by atoms with Crippen LogP contribution in [0.5, 0.6) is 0 Å². The molecule has 0 spiro atoms. The Morgan fingerprint density at radius 3 is 2.32 bits per heavy atom. The first kappa shape index (κ1) is 22.9. The molecule has 0 bridgehead atoms. The summed E-state index contributed by atoms with van der Waals surface area (Å²) in [4.78, 5) is 37.4. The molecule has 1 fully saturated rings. The van der Waals surface area contributed by atoms with E-state index in [-0.39, 0.29) is 24.7 Å². The molecule has 2 atom stereocenters. The molecule has 1 amide bonds. The second-order valence-corrected chi connectivity index (χ2v) is 8.18. The molecule has 10 heteroatoms. The first-order chi connectivity index (χ1) is 14.4. The predicted molar refractivity (Wildman–Crippen MR) is 106 cm³/mol. The van der Waals surface area contributed by atoms with E-state index in [1.165, 1.54) is 12.1 Å². The lowest BCUT2D eigenvalue weighted by atomic mass is 9.61. The van der Waals surface area contributed by atoms with Gasteiger partial charge in [0.15, 0.2) is 0 Å². The second-order valence-electron chi connectivity index (χ2n) is 7.26. The molecule has 2 aromatic carbocycles. The number of benzene rings is 2. The summed E-state index contributed by atoms with van der Waals surface area (Å²) in [6.45, 7) is 0. The maximum atomic E-state index is 14.2. The molecule has 2 N–H and O–H groups in total. The van der Waals surface area contributed by atoms with Crippen molar-refractivity contribution in [3.05, 3.63) is 63.9 Å².